The van der Waals surface area contributed by atoms with Crippen molar-refractivity contribution in [1.82, 2.24) is 9.97 Å². The van der Waals surface area contributed by atoms with Crippen LogP contribution in [0.2, 0.25) is 0 Å². The number of nitrogens with one attached hydrogen (secondary N) is 1. The molecule has 0 unspecified atom stereocenters. The van der Waals surface area contributed by atoms with E-state index in [-0.39, 0.29) is 0 Å². The fourth-order valence-electron chi connectivity index (χ4n) is 1.89. The third kappa shape index (κ3) is 3.04. The first-order chi connectivity index (χ1) is 9.63. The zero-order valence-electron chi connectivity index (χ0n) is 11.9. The molecular weight excluding hydrogens is 250 g/mol. The van der Waals surface area contributed by atoms with Crippen LogP contribution in [0.1, 0.15) is 18.3 Å². The summed E-state index contributed by atoms with van der Waals surface area (Å²) in [4.78, 5) is 10.7. The standard InChI is InChI=1S/C15H17N5/c1-4-17-14-9-15(19-11(2)18-14)20(3)13-7-5-12(10-16)6-8-13/h5-9H,4H2,1-3H3,(H,17,18,19). The van der Waals surface area contributed by atoms with E-state index in [9.17, 15) is 0 Å². The molecule has 2 aromatic rings. The van der Waals surface area contributed by atoms with Crippen molar-refractivity contribution >= 4 is 17.3 Å². The molecular formula is C15H17N5. The number of rotatable bonds is 4. The van der Waals surface area contributed by atoms with Crippen molar-refractivity contribution in [3.8, 4) is 6.07 Å². The molecule has 0 amide bonds. The van der Waals surface area contributed by atoms with E-state index in [1.165, 1.54) is 0 Å². The van der Waals surface area contributed by atoms with Gasteiger partial charge in [-0.25, -0.2) is 9.97 Å². The van der Waals surface area contributed by atoms with Gasteiger partial charge in [0.2, 0.25) is 0 Å². The Hall–Kier alpha value is -2.61. The molecule has 1 N–H and O–H groups in total. The van der Waals surface area contributed by atoms with Crippen LogP contribution in [0.4, 0.5) is 17.3 Å². The largest absolute Gasteiger partial charge is 0.370 e. The Morgan fingerprint density at radius 1 is 1.25 bits per heavy atom. The second-order valence-corrected chi connectivity index (χ2v) is 4.41. The Bertz CT molecular complexity index is 628. The van der Waals surface area contributed by atoms with Crippen LogP contribution in [0.15, 0.2) is 30.3 Å². The summed E-state index contributed by atoms with van der Waals surface area (Å²) in [5.74, 6) is 2.35. The summed E-state index contributed by atoms with van der Waals surface area (Å²) in [6.07, 6.45) is 0. The SMILES string of the molecule is CCNc1cc(N(C)c2ccc(C#N)cc2)nc(C)n1. The van der Waals surface area contributed by atoms with Crippen molar-refractivity contribution in [3.63, 3.8) is 0 Å². The van der Waals surface area contributed by atoms with Crippen molar-refractivity contribution in [2.24, 2.45) is 0 Å². The molecule has 20 heavy (non-hydrogen) atoms. The minimum absolute atomic E-state index is 0.648. The number of aromatic nitrogens is 2. The summed E-state index contributed by atoms with van der Waals surface area (Å²) in [6.45, 7) is 4.72. The highest BCUT2D eigenvalue weighted by molar-refractivity contribution is 5.62. The molecule has 5 nitrogen and oxygen atoms in total. The van der Waals surface area contributed by atoms with E-state index in [0.29, 0.717) is 5.56 Å². The van der Waals surface area contributed by atoms with Gasteiger partial charge in [-0.3, -0.25) is 0 Å². The first-order valence-electron chi connectivity index (χ1n) is 6.47. The Kier molecular flexibility index (Phi) is 4.16. The summed E-state index contributed by atoms with van der Waals surface area (Å²) >= 11 is 0. The average Bonchev–Trinajstić information content (AvgIpc) is 2.46. The number of anilines is 3. The Balaban J connectivity index is 2.31. The summed E-state index contributed by atoms with van der Waals surface area (Å²) in [5, 5.41) is 12.0. The normalized spacial score (nSPS) is 9.90. The van der Waals surface area contributed by atoms with E-state index in [2.05, 4.69) is 21.4 Å². The Labute approximate surface area is 118 Å². The monoisotopic (exact) mass is 267 g/mol. The van der Waals surface area contributed by atoms with Crippen LogP contribution >= 0.6 is 0 Å². The molecule has 0 aliphatic rings. The van der Waals surface area contributed by atoms with Crippen LogP contribution in [-0.2, 0) is 0 Å². The van der Waals surface area contributed by atoms with Crippen molar-refractivity contribution in [2.45, 2.75) is 13.8 Å². The number of nitriles is 1. The minimum Gasteiger partial charge on any atom is -0.370 e. The molecule has 2 rings (SSSR count). The first kappa shape index (κ1) is 13.8. The molecule has 0 aliphatic heterocycles. The molecule has 0 spiro atoms. The maximum Gasteiger partial charge on any atom is 0.138 e. The summed E-state index contributed by atoms with van der Waals surface area (Å²) < 4.78 is 0. The number of nitrogens with zero attached hydrogens (tertiary/aromatic N) is 4. The third-order valence-corrected chi connectivity index (χ3v) is 2.91. The van der Waals surface area contributed by atoms with E-state index >= 15 is 0 Å². The predicted octanol–water partition coefficient (Wildman–Crippen LogP) is 2.86. The van der Waals surface area contributed by atoms with Gasteiger partial charge in [-0.05, 0) is 38.1 Å². The Morgan fingerprint density at radius 2 is 1.95 bits per heavy atom. The van der Waals surface area contributed by atoms with Crippen LogP contribution in [0.25, 0.3) is 0 Å². The first-order valence-corrected chi connectivity index (χ1v) is 6.47. The van der Waals surface area contributed by atoms with Crippen molar-refractivity contribution in [3.05, 3.63) is 41.7 Å². The van der Waals surface area contributed by atoms with Gasteiger partial charge in [0.15, 0.2) is 0 Å². The van der Waals surface area contributed by atoms with Gasteiger partial charge >= 0.3 is 0 Å². The van der Waals surface area contributed by atoms with Gasteiger partial charge < -0.3 is 10.2 Å². The van der Waals surface area contributed by atoms with E-state index in [1.807, 2.05) is 44.0 Å². The molecule has 5 heteroatoms. The van der Waals surface area contributed by atoms with Crippen molar-refractivity contribution in [1.29, 1.82) is 5.26 Å². The van der Waals surface area contributed by atoms with E-state index in [4.69, 9.17) is 5.26 Å². The highest BCUT2D eigenvalue weighted by Gasteiger charge is 2.08. The lowest BCUT2D eigenvalue weighted by atomic mass is 10.2. The maximum absolute atomic E-state index is 8.82. The molecule has 102 valence electrons. The molecule has 1 aromatic heterocycles. The molecule has 0 fully saturated rings. The molecule has 0 aliphatic carbocycles. The van der Waals surface area contributed by atoms with Crippen LogP contribution in [-0.4, -0.2) is 23.6 Å². The van der Waals surface area contributed by atoms with Crippen LogP contribution in [0, 0.1) is 18.3 Å². The lowest BCUT2D eigenvalue weighted by Crippen LogP contribution is -2.13. The van der Waals surface area contributed by atoms with Crippen LogP contribution < -0.4 is 10.2 Å². The summed E-state index contributed by atoms with van der Waals surface area (Å²) in [7, 11) is 1.94. The van der Waals surface area contributed by atoms with Gasteiger partial charge in [0, 0.05) is 25.3 Å². The van der Waals surface area contributed by atoms with Gasteiger partial charge in [-0.1, -0.05) is 0 Å². The Morgan fingerprint density at radius 3 is 2.55 bits per heavy atom. The second kappa shape index (κ2) is 6.02. The lowest BCUT2D eigenvalue weighted by Gasteiger charge is -2.19. The third-order valence-electron chi connectivity index (χ3n) is 2.91. The topological polar surface area (TPSA) is 64.8 Å². The van der Waals surface area contributed by atoms with E-state index in [1.54, 1.807) is 12.1 Å². The summed E-state index contributed by atoms with van der Waals surface area (Å²) in [5.41, 5.74) is 1.62. The minimum atomic E-state index is 0.648. The van der Waals surface area contributed by atoms with Gasteiger partial charge in [-0.15, -0.1) is 0 Å². The molecule has 1 aromatic carbocycles. The number of benzene rings is 1. The van der Waals surface area contributed by atoms with Crippen molar-refractivity contribution < 1.29 is 0 Å². The molecule has 0 saturated carbocycles. The van der Waals surface area contributed by atoms with Crippen LogP contribution in [0.3, 0.4) is 0 Å². The van der Waals surface area contributed by atoms with Gasteiger partial charge in [0.1, 0.15) is 17.5 Å². The van der Waals surface area contributed by atoms with E-state index < -0.39 is 0 Å². The highest BCUT2D eigenvalue weighted by Crippen LogP contribution is 2.23. The van der Waals surface area contributed by atoms with Crippen LogP contribution in [0.5, 0.6) is 0 Å². The second-order valence-electron chi connectivity index (χ2n) is 4.41. The molecule has 0 bridgehead atoms. The number of hydrogen-bond acceptors (Lipinski definition) is 5. The van der Waals surface area contributed by atoms with Crippen molar-refractivity contribution in [2.75, 3.05) is 23.8 Å². The lowest BCUT2D eigenvalue weighted by molar-refractivity contribution is 1.00. The average molecular weight is 267 g/mol. The molecule has 1 heterocycles. The van der Waals surface area contributed by atoms with Gasteiger partial charge in [0.05, 0.1) is 11.6 Å². The van der Waals surface area contributed by atoms with E-state index in [0.717, 1.165) is 29.7 Å². The zero-order valence-corrected chi connectivity index (χ0v) is 11.9. The number of hydrogen-bond donors (Lipinski definition) is 1. The maximum atomic E-state index is 8.82. The van der Waals surface area contributed by atoms with Gasteiger partial charge in [-0.2, -0.15) is 5.26 Å². The predicted molar refractivity (Wildman–Crippen MR) is 80.2 cm³/mol. The fourth-order valence-corrected chi connectivity index (χ4v) is 1.89. The fraction of sp³-hybridized carbons (Fsp3) is 0.267. The molecule has 0 radical (unpaired) electrons. The zero-order chi connectivity index (χ0) is 14.5. The smallest absolute Gasteiger partial charge is 0.138 e. The van der Waals surface area contributed by atoms with Gasteiger partial charge in [0.25, 0.3) is 0 Å². The molecule has 0 atom stereocenters. The molecule has 0 saturated heterocycles. The summed E-state index contributed by atoms with van der Waals surface area (Å²) in [6, 6.07) is 11.4. The highest BCUT2D eigenvalue weighted by atomic mass is 15.2. The quantitative estimate of drug-likeness (QED) is 0.922. The number of aryl methyl sites for hydroxylation is 1.